The van der Waals surface area contributed by atoms with Crippen LogP contribution in [-0.4, -0.2) is 58.2 Å². The molecule has 8 heteroatoms. The fourth-order valence-corrected chi connectivity index (χ4v) is 10.3. The SMILES string of the molecule is CON(C)C(=O)[C@H](OC(=O)C(C)(C)C)[C@@H](CCO[Si](C(C)C)(C(C)C)C(C)C)OCc1ccccc1. The molecule has 0 fully saturated rings. The number of hydrogen-bond acceptors (Lipinski definition) is 6. The topological polar surface area (TPSA) is 74.3 Å². The Balaban J connectivity index is 3.28. The molecule has 1 aromatic rings. The second-order valence-corrected chi connectivity index (χ2v) is 16.8. The van der Waals surface area contributed by atoms with Gasteiger partial charge in [-0.2, -0.15) is 0 Å². The molecular formula is C28H49NO6Si. The first-order chi connectivity index (χ1) is 16.7. The molecule has 1 amide bonds. The number of hydrogen-bond donors (Lipinski definition) is 0. The second-order valence-electron chi connectivity index (χ2n) is 11.4. The average Bonchev–Trinajstić information content (AvgIpc) is 2.80. The van der Waals surface area contributed by atoms with Crippen molar-refractivity contribution in [3.63, 3.8) is 0 Å². The van der Waals surface area contributed by atoms with Crippen molar-refractivity contribution in [2.24, 2.45) is 5.41 Å². The third-order valence-corrected chi connectivity index (χ3v) is 12.9. The molecule has 0 bridgehead atoms. The van der Waals surface area contributed by atoms with Crippen molar-refractivity contribution < 1.29 is 28.3 Å². The number of carbonyl (C=O) groups is 2. The van der Waals surface area contributed by atoms with Gasteiger partial charge in [0, 0.05) is 13.7 Å². The standard InChI is InChI=1S/C28H49NO6Si/c1-20(2)36(21(3)4,22(5)6)34-18-17-24(33-19-23-15-13-12-14-16-23)25(26(30)29(10)32-11)35-27(31)28(7,8)9/h12-16,20-22,24-25H,17-19H2,1-11H3/t24-,25-/m1/s1. The smallest absolute Gasteiger partial charge is 0.312 e. The molecule has 0 aliphatic rings. The summed E-state index contributed by atoms with van der Waals surface area (Å²) in [5.74, 6) is -0.955. The predicted octanol–water partition coefficient (Wildman–Crippen LogP) is 6.13. The van der Waals surface area contributed by atoms with Crippen LogP contribution in [0, 0.1) is 5.41 Å². The van der Waals surface area contributed by atoms with Gasteiger partial charge in [-0.3, -0.25) is 14.4 Å². The van der Waals surface area contributed by atoms with Gasteiger partial charge in [0.05, 0.1) is 19.1 Å². The van der Waals surface area contributed by atoms with E-state index in [0.717, 1.165) is 10.6 Å². The molecule has 1 rings (SSSR count). The molecule has 0 unspecified atom stereocenters. The Morgan fingerprint density at radius 2 is 1.47 bits per heavy atom. The zero-order valence-electron chi connectivity index (χ0n) is 24.3. The molecule has 7 nitrogen and oxygen atoms in total. The Morgan fingerprint density at radius 1 is 0.944 bits per heavy atom. The summed E-state index contributed by atoms with van der Waals surface area (Å²) in [6.45, 7) is 19.4. The van der Waals surface area contributed by atoms with E-state index in [0.29, 0.717) is 29.7 Å². The van der Waals surface area contributed by atoms with Crippen LogP contribution in [0.3, 0.4) is 0 Å². The molecule has 36 heavy (non-hydrogen) atoms. The summed E-state index contributed by atoms with van der Waals surface area (Å²) in [5, 5.41) is 1.08. The van der Waals surface area contributed by atoms with Gasteiger partial charge in [0.25, 0.3) is 5.91 Å². The Morgan fingerprint density at radius 3 is 1.92 bits per heavy atom. The normalized spacial score (nSPS) is 14.3. The average molecular weight is 524 g/mol. The molecule has 0 spiro atoms. The van der Waals surface area contributed by atoms with E-state index in [-0.39, 0.29) is 6.61 Å². The molecule has 0 saturated carbocycles. The lowest BCUT2D eigenvalue weighted by Crippen LogP contribution is -2.50. The van der Waals surface area contributed by atoms with Crippen LogP contribution >= 0.6 is 0 Å². The van der Waals surface area contributed by atoms with Crippen LogP contribution in [0.2, 0.25) is 16.6 Å². The Kier molecular flexibility index (Phi) is 12.8. The van der Waals surface area contributed by atoms with Crippen LogP contribution in [0.5, 0.6) is 0 Å². The number of esters is 1. The Hall–Kier alpha value is -1.74. The highest BCUT2D eigenvalue weighted by atomic mass is 28.4. The van der Waals surface area contributed by atoms with E-state index in [1.54, 1.807) is 20.8 Å². The van der Waals surface area contributed by atoms with Crippen LogP contribution in [-0.2, 0) is 34.9 Å². The van der Waals surface area contributed by atoms with Crippen molar-refractivity contribution in [1.29, 1.82) is 0 Å². The number of likely N-dealkylation sites (N-methyl/N-ethyl adjacent to an activating group) is 1. The number of ether oxygens (including phenoxy) is 2. The van der Waals surface area contributed by atoms with Crippen LogP contribution in [0.15, 0.2) is 30.3 Å². The number of nitrogens with zero attached hydrogens (tertiary/aromatic N) is 1. The summed E-state index contributed by atoms with van der Waals surface area (Å²) < 4.78 is 18.8. The largest absolute Gasteiger partial charge is 0.449 e. The molecule has 2 atom stereocenters. The summed E-state index contributed by atoms with van der Waals surface area (Å²) >= 11 is 0. The van der Waals surface area contributed by atoms with Gasteiger partial charge in [-0.05, 0) is 49.4 Å². The lowest BCUT2D eigenvalue weighted by Gasteiger charge is -2.42. The van der Waals surface area contributed by atoms with Crippen LogP contribution in [0.25, 0.3) is 0 Å². The summed E-state index contributed by atoms with van der Waals surface area (Å²) in [7, 11) is 0.782. The van der Waals surface area contributed by atoms with E-state index in [2.05, 4.69) is 41.5 Å². The highest BCUT2D eigenvalue weighted by Crippen LogP contribution is 2.42. The van der Waals surface area contributed by atoms with E-state index in [1.807, 2.05) is 30.3 Å². The van der Waals surface area contributed by atoms with Gasteiger partial charge >= 0.3 is 5.97 Å². The van der Waals surface area contributed by atoms with E-state index >= 15 is 0 Å². The maximum Gasteiger partial charge on any atom is 0.312 e. The summed E-state index contributed by atoms with van der Waals surface area (Å²) in [6, 6.07) is 9.73. The first kappa shape index (κ1) is 32.3. The van der Waals surface area contributed by atoms with E-state index < -0.39 is 37.8 Å². The van der Waals surface area contributed by atoms with Crippen molar-refractivity contribution in [1.82, 2.24) is 5.06 Å². The van der Waals surface area contributed by atoms with E-state index in [9.17, 15) is 9.59 Å². The van der Waals surface area contributed by atoms with Crippen LogP contribution in [0.1, 0.15) is 74.3 Å². The molecule has 1 aromatic carbocycles. The third kappa shape index (κ3) is 8.68. The minimum absolute atomic E-state index is 0.278. The van der Waals surface area contributed by atoms with Crippen molar-refractivity contribution in [3.8, 4) is 0 Å². The summed E-state index contributed by atoms with van der Waals surface area (Å²) in [6.07, 6.45) is -1.47. The van der Waals surface area contributed by atoms with Gasteiger partial charge in [-0.25, -0.2) is 5.06 Å². The molecule has 0 aliphatic carbocycles. The van der Waals surface area contributed by atoms with Gasteiger partial charge in [0.2, 0.25) is 6.10 Å². The van der Waals surface area contributed by atoms with Crippen molar-refractivity contribution in [3.05, 3.63) is 35.9 Å². The lowest BCUT2D eigenvalue weighted by molar-refractivity contribution is -0.198. The predicted molar refractivity (Wildman–Crippen MR) is 146 cm³/mol. The lowest BCUT2D eigenvalue weighted by atomic mass is 9.97. The van der Waals surface area contributed by atoms with Gasteiger partial charge in [0.1, 0.15) is 6.10 Å². The van der Waals surface area contributed by atoms with Gasteiger partial charge in [0.15, 0.2) is 8.32 Å². The highest BCUT2D eigenvalue weighted by molar-refractivity contribution is 6.77. The van der Waals surface area contributed by atoms with Crippen molar-refractivity contribution in [2.75, 3.05) is 20.8 Å². The molecule has 0 N–H and O–H groups in total. The molecule has 0 aromatic heterocycles. The van der Waals surface area contributed by atoms with Crippen LogP contribution in [0.4, 0.5) is 0 Å². The number of amides is 1. The highest BCUT2D eigenvalue weighted by Gasteiger charge is 2.45. The summed E-state index contributed by atoms with van der Waals surface area (Å²) in [4.78, 5) is 31.3. The molecule has 0 saturated heterocycles. The molecule has 206 valence electrons. The summed E-state index contributed by atoms with van der Waals surface area (Å²) in [5.41, 5.74) is 1.47. The molecular weight excluding hydrogens is 474 g/mol. The minimum atomic E-state index is -2.12. The van der Waals surface area contributed by atoms with Gasteiger partial charge in [-0.15, -0.1) is 0 Å². The third-order valence-electron chi connectivity index (χ3n) is 6.78. The van der Waals surface area contributed by atoms with Crippen molar-refractivity contribution in [2.45, 2.75) is 104 Å². The van der Waals surface area contributed by atoms with Gasteiger partial charge in [-0.1, -0.05) is 71.9 Å². The second kappa shape index (κ2) is 14.3. The first-order valence-corrected chi connectivity index (χ1v) is 15.1. The number of rotatable bonds is 14. The number of hydroxylamine groups is 2. The fraction of sp³-hybridized carbons (Fsp3) is 0.714. The van der Waals surface area contributed by atoms with E-state index in [4.69, 9.17) is 18.7 Å². The van der Waals surface area contributed by atoms with E-state index in [1.165, 1.54) is 14.2 Å². The van der Waals surface area contributed by atoms with Gasteiger partial charge < -0.3 is 13.9 Å². The first-order valence-electron chi connectivity index (χ1n) is 13.0. The Bertz CT molecular complexity index is 784. The zero-order valence-corrected chi connectivity index (χ0v) is 25.3. The Labute approximate surface area is 219 Å². The number of carbonyl (C=O) groups excluding carboxylic acids is 2. The maximum atomic E-state index is 13.3. The monoisotopic (exact) mass is 523 g/mol. The molecule has 0 heterocycles. The maximum absolute atomic E-state index is 13.3. The molecule has 0 radical (unpaired) electrons. The van der Waals surface area contributed by atoms with Crippen LogP contribution < -0.4 is 0 Å². The molecule has 0 aliphatic heterocycles. The quantitative estimate of drug-likeness (QED) is 0.166. The minimum Gasteiger partial charge on any atom is -0.449 e. The fourth-order valence-electron chi connectivity index (χ4n) is 4.80. The number of benzene rings is 1. The zero-order chi connectivity index (χ0) is 27.7. The van der Waals surface area contributed by atoms with Crippen molar-refractivity contribution >= 4 is 20.2 Å².